The fraction of sp³-hybridized carbons (Fsp3) is 0.176. The van der Waals surface area contributed by atoms with Gasteiger partial charge in [0, 0.05) is 5.69 Å². The molecule has 0 bridgehead atoms. The number of methoxy groups -OCH3 is 1. The number of halogens is 4. The SMILES string of the molecule is COC(=O)c1ccc(Cl)c(NCC(=O)Nc2ccc(C(F)(F)F)cc2)c1. The molecule has 5 nitrogen and oxygen atoms in total. The predicted molar refractivity (Wildman–Crippen MR) is 91.4 cm³/mol. The second-order valence-electron chi connectivity index (χ2n) is 5.16. The van der Waals surface area contributed by atoms with Crippen LogP contribution in [0, 0.1) is 0 Å². The van der Waals surface area contributed by atoms with Crippen LogP contribution < -0.4 is 10.6 Å². The van der Waals surface area contributed by atoms with E-state index in [1.54, 1.807) is 0 Å². The Morgan fingerprint density at radius 3 is 2.35 bits per heavy atom. The average Bonchev–Trinajstić information content (AvgIpc) is 2.60. The molecular formula is C17H14ClF3N2O3. The van der Waals surface area contributed by atoms with E-state index in [0.717, 1.165) is 24.3 Å². The van der Waals surface area contributed by atoms with Gasteiger partial charge in [0.2, 0.25) is 5.91 Å². The summed E-state index contributed by atoms with van der Waals surface area (Å²) in [5, 5.41) is 5.50. The minimum Gasteiger partial charge on any atom is -0.465 e. The summed E-state index contributed by atoms with van der Waals surface area (Å²) in [4.78, 5) is 23.4. The monoisotopic (exact) mass is 386 g/mol. The van der Waals surface area contributed by atoms with Crippen molar-refractivity contribution >= 4 is 34.9 Å². The first-order valence-corrected chi connectivity index (χ1v) is 7.67. The van der Waals surface area contributed by atoms with Gasteiger partial charge in [0.1, 0.15) is 0 Å². The fourth-order valence-corrected chi connectivity index (χ4v) is 2.21. The lowest BCUT2D eigenvalue weighted by atomic mass is 10.2. The zero-order valence-electron chi connectivity index (χ0n) is 13.5. The van der Waals surface area contributed by atoms with Crippen molar-refractivity contribution in [2.24, 2.45) is 0 Å². The molecule has 0 unspecified atom stereocenters. The van der Waals surface area contributed by atoms with E-state index < -0.39 is 23.6 Å². The Morgan fingerprint density at radius 1 is 1.12 bits per heavy atom. The molecule has 0 aliphatic carbocycles. The maximum absolute atomic E-state index is 12.5. The van der Waals surface area contributed by atoms with Crippen molar-refractivity contribution in [1.29, 1.82) is 0 Å². The van der Waals surface area contributed by atoms with Gasteiger partial charge in [0.15, 0.2) is 0 Å². The Hall–Kier alpha value is -2.74. The van der Waals surface area contributed by atoms with Crippen LogP contribution in [0.1, 0.15) is 15.9 Å². The third kappa shape index (κ3) is 5.13. The number of alkyl halides is 3. The molecule has 2 N–H and O–H groups in total. The number of carbonyl (C=O) groups excluding carboxylic acids is 2. The highest BCUT2D eigenvalue weighted by molar-refractivity contribution is 6.33. The van der Waals surface area contributed by atoms with Crippen LogP contribution in [0.3, 0.4) is 0 Å². The lowest BCUT2D eigenvalue weighted by Gasteiger charge is -2.11. The zero-order valence-corrected chi connectivity index (χ0v) is 14.2. The fourth-order valence-electron chi connectivity index (χ4n) is 2.03. The van der Waals surface area contributed by atoms with Crippen molar-refractivity contribution in [3.63, 3.8) is 0 Å². The summed E-state index contributed by atoms with van der Waals surface area (Å²) in [5.41, 5.74) is 0.0129. The van der Waals surface area contributed by atoms with Crippen LogP contribution in [0.15, 0.2) is 42.5 Å². The molecule has 26 heavy (non-hydrogen) atoms. The number of ether oxygens (including phenoxy) is 1. The quantitative estimate of drug-likeness (QED) is 0.756. The highest BCUT2D eigenvalue weighted by atomic mass is 35.5. The van der Waals surface area contributed by atoms with Gasteiger partial charge in [-0.25, -0.2) is 4.79 Å². The molecular weight excluding hydrogens is 373 g/mol. The van der Waals surface area contributed by atoms with Crippen molar-refractivity contribution in [2.45, 2.75) is 6.18 Å². The van der Waals surface area contributed by atoms with Crippen LogP contribution in [-0.4, -0.2) is 25.5 Å². The first-order chi connectivity index (χ1) is 12.2. The van der Waals surface area contributed by atoms with Crippen molar-refractivity contribution in [1.82, 2.24) is 0 Å². The van der Waals surface area contributed by atoms with Gasteiger partial charge in [0.25, 0.3) is 0 Å². The molecule has 0 aliphatic heterocycles. The van der Waals surface area contributed by atoms with Crippen molar-refractivity contribution in [3.05, 3.63) is 58.6 Å². The summed E-state index contributed by atoms with van der Waals surface area (Å²) in [6.45, 7) is -0.203. The second-order valence-corrected chi connectivity index (χ2v) is 5.57. The maximum atomic E-state index is 12.5. The van der Waals surface area contributed by atoms with E-state index in [4.69, 9.17) is 11.6 Å². The van der Waals surface area contributed by atoms with E-state index in [9.17, 15) is 22.8 Å². The largest absolute Gasteiger partial charge is 0.465 e. The van der Waals surface area contributed by atoms with E-state index in [-0.39, 0.29) is 17.8 Å². The van der Waals surface area contributed by atoms with Crippen LogP contribution in [0.5, 0.6) is 0 Å². The molecule has 1 amide bonds. The molecule has 138 valence electrons. The maximum Gasteiger partial charge on any atom is 0.416 e. The molecule has 0 atom stereocenters. The number of amides is 1. The lowest BCUT2D eigenvalue weighted by molar-refractivity contribution is -0.137. The van der Waals surface area contributed by atoms with Crippen LogP contribution in [0.25, 0.3) is 0 Å². The molecule has 2 aromatic rings. The molecule has 0 aromatic heterocycles. The minimum atomic E-state index is -4.44. The number of hydrogen-bond donors (Lipinski definition) is 2. The van der Waals surface area contributed by atoms with Crippen LogP contribution in [0.4, 0.5) is 24.5 Å². The van der Waals surface area contributed by atoms with Gasteiger partial charge in [-0.1, -0.05) is 11.6 Å². The van der Waals surface area contributed by atoms with Crippen LogP contribution in [-0.2, 0) is 15.7 Å². The average molecular weight is 387 g/mol. The van der Waals surface area contributed by atoms with Crippen molar-refractivity contribution < 1.29 is 27.5 Å². The molecule has 0 fully saturated rings. The van der Waals surface area contributed by atoms with Gasteiger partial charge in [0.05, 0.1) is 35.5 Å². The van der Waals surface area contributed by atoms with E-state index in [0.29, 0.717) is 10.7 Å². The molecule has 0 saturated carbocycles. The third-order valence-electron chi connectivity index (χ3n) is 3.32. The number of hydrogen-bond acceptors (Lipinski definition) is 4. The highest BCUT2D eigenvalue weighted by Gasteiger charge is 2.29. The van der Waals surface area contributed by atoms with E-state index in [1.807, 2.05) is 0 Å². The first kappa shape index (κ1) is 19.6. The van der Waals surface area contributed by atoms with Gasteiger partial charge in [-0.3, -0.25) is 4.79 Å². The Kier molecular flexibility index (Phi) is 6.10. The minimum absolute atomic E-state index is 0.203. The van der Waals surface area contributed by atoms with E-state index >= 15 is 0 Å². The molecule has 2 aromatic carbocycles. The third-order valence-corrected chi connectivity index (χ3v) is 3.65. The summed E-state index contributed by atoms with van der Waals surface area (Å²) >= 11 is 6.00. The van der Waals surface area contributed by atoms with Gasteiger partial charge in [-0.15, -0.1) is 0 Å². The number of rotatable bonds is 5. The van der Waals surface area contributed by atoms with Gasteiger partial charge in [-0.2, -0.15) is 13.2 Å². The smallest absolute Gasteiger partial charge is 0.416 e. The van der Waals surface area contributed by atoms with E-state index in [1.165, 1.54) is 25.3 Å². The van der Waals surface area contributed by atoms with E-state index in [2.05, 4.69) is 15.4 Å². The summed E-state index contributed by atoms with van der Waals surface area (Å²) in [6.07, 6.45) is -4.44. The Morgan fingerprint density at radius 2 is 1.77 bits per heavy atom. The van der Waals surface area contributed by atoms with Crippen LogP contribution >= 0.6 is 11.6 Å². The Labute approximate surface area is 152 Å². The molecule has 2 rings (SSSR count). The molecule has 0 spiro atoms. The summed E-state index contributed by atoms with van der Waals surface area (Å²) in [6, 6.07) is 8.45. The second kappa shape index (κ2) is 8.09. The van der Waals surface area contributed by atoms with Gasteiger partial charge < -0.3 is 15.4 Å². The standard InChI is InChI=1S/C17H14ClF3N2O3/c1-26-16(25)10-2-7-13(18)14(8-10)22-9-15(24)23-12-5-3-11(4-6-12)17(19,20)21/h2-8,22H,9H2,1H3,(H,23,24). The topological polar surface area (TPSA) is 67.4 Å². The number of anilines is 2. The number of nitrogens with one attached hydrogen (secondary N) is 2. The number of esters is 1. The molecule has 0 saturated heterocycles. The lowest BCUT2D eigenvalue weighted by Crippen LogP contribution is -2.22. The van der Waals surface area contributed by atoms with Gasteiger partial charge >= 0.3 is 12.1 Å². The molecule has 0 radical (unpaired) electrons. The zero-order chi connectivity index (χ0) is 19.3. The molecule has 0 heterocycles. The Balaban J connectivity index is 1.98. The van der Waals surface area contributed by atoms with Gasteiger partial charge in [-0.05, 0) is 42.5 Å². The Bertz CT molecular complexity index is 808. The number of carbonyl (C=O) groups is 2. The summed E-state index contributed by atoms with van der Waals surface area (Å²) < 4.78 is 42.1. The normalized spacial score (nSPS) is 11.0. The summed E-state index contributed by atoms with van der Waals surface area (Å²) in [7, 11) is 1.24. The van der Waals surface area contributed by atoms with Crippen molar-refractivity contribution in [2.75, 3.05) is 24.3 Å². The number of benzene rings is 2. The highest BCUT2D eigenvalue weighted by Crippen LogP contribution is 2.29. The first-order valence-electron chi connectivity index (χ1n) is 7.29. The van der Waals surface area contributed by atoms with Crippen molar-refractivity contribution in [3.8, 4) is 0 Å². The molecule has 0 aliphatic rings. The summed E-state index contributed by atoms with van der Waals surface area (Å²) in [5.74, 6) is -1.05. The molecule has 9 heteroatoms. The van der Waals surface area contributed by atoms with Crippen LogP contribution in [0.2, 0.25) is 5.02 Å². The predicted octanol–water partition coefficient (Wildman–Crippen LogP) is 4.20.